The van der Waals surface area contributed by atoms with E-state index in [9.17, 15) is 43.2 Å². The number of likely N-dealkylation sites (tertiary alicyclic amines) is 1. The van der Waals surface area contributed by atoms with E-state index in [2.05, 4.69) is 49.0 Å². The molecule has 11 N–H and O–H groups in total. The summed E-state index contributed by atoms with van der Waals surface area (Å²) < 4.78 is 18.0. The SMILES string of the molecule is CC[C@H](C)[C@@H]([C@@H](CC(=O)N1CCC[C@H]1[C@H](OC)[C@@H](C)C(=O)N[C@@H](Cc1ccccc1)C1(C)NC=CS1)OC)N(C)C(=O)[C@@H](NC(=O)[C@H](C(C)C)N(C)C(=O)OCc1ccc(NC(=O)[C@H](CCCNC(N)=O)NC(=O)[C@@H](NC(=O)CCCCCON)C(C)C)cc1)C(C)C. The molecule has 26 heteroatoms. The van der Waals surface area contributed by atoms with Gasteiger partial charge in [-0.2, -0.15) is 0 Å². The maximum Gasteiger partial charge on any atom is 0.410 e. The number of nitrogens with two attached hydrogens (primary N) is 2. The van der Waals surface area contributed by atoms with Gasteiger partial charge in [0, 0.05) is 59.7 Å². The molecule has 1 saturated heterocycles. The predicted octanol–water partition coefficient (Wildman–Crippen LogP) is 6.06. The van der Waals surface area contributed by atoms with Gasteiger partial charge in [-0.25, -0.2) is 15.5 Å². The minimum atomic E-state index is -1.07. The van der Waals surface area contributed by atoms with Crippen LogP contribution in [0.1, 0.15) is 145 Å². The number of benzene rings is 2. The number of carbonyl (C=O) groups excluding carboxylic acids is 9. The van der Waals surface area contributed by atoms with Crippen LogP contribution in [0.15, 0.2) is 66.2 Å². The third-order valence-corrected chi connectivity index (χ3v) is 18.9. The average Bonchev–Trinajstić information content (AvgIpc) is 2.06. The van der Waals surface area contributed by atoms with Crippen LogP contribution in [0, 0.1) is 29.6 Å². The van der Waals surface area contributed by atoms with Crippen LogP contribution in [0.2, 0.25) is 0 Å². The van der Waals surface area contributed by atoms with Gasteiger partial charge >= 0.3 is 12.1 Å². The number of unbranched alkanes of at least 4 members (excludes halogenated alkanes) is 2. The summed E-state index contributed by atoms with van der Waals surface area (Å²) in [4.78, 5) is 132. The fraction of sp³-hybridized carbons (Fsp3) is 0.657. The Morgan fingerprint density at radius 3 is 2.02 bits per heavy atom. The highest BCUT2D eigenvalue weighted by atomic mass is 32.2. The number of rotatable bonds is 39. The molecule has 0 aromatic heterocycles. The van der Waals surface area contributed by atoms with Gasteiger partial charge in [-0.1, -0.05) is 118 Å². The van der Waals surface area contributed by atoms with Crippen molar-refractivity contribution in [2.75, 3.05) is 53.3 Å². The summed E-state index contributed by atoms with van der Waals surface area (Å²) in [5, 5.41) is 22.6. The number of anilines is 1. The fourth-order valence-electron chi connectivity index (χ4n) is 12.1. The second-order valence-corrected chi connectivity index (χ2v) is 27.1. The number of thioether (sulfide) groups is 1. The summed E-state index contributed by atoms with van der Waals surface area (Å²) in [6.07, 6.45) is 4.78. The summed E-state index contributed by atoms with van der Waals surface area (Å²) in [7, 11) is 6.21. The van der Waals surface area contributed by atoms with E-state index < -0.39 is 107 Å². The van der Waals surface area contributed by atoms with Crippen molar-refractivity contribution in [2.45, 2.75) is 206 Å². The first-order valence-corrected chi connectivity index (χ1v) is 33.6. The van der Waals surface area contributed by atoms with Crippen LogP contribution in [-0.2, 0) is 65.6 Å². The molecule has 0 spiro atoms. The lowest BCUT2D eigenvalue weighted by Crippen LogP contribution is -2.60. The molecule has 0 radical (unpaired) electrons. The quantitative estimate of drug-likeness (QED) is 0.0271. The van der Waals surface area contributed by atoms with E-state index in [0.29, 0.717) is 69.3 Å². The van der Waals surface area contributed by atoms with E-state index in [-0.39, 0.29) is 74.4 Å². The van der Waals surface area contributed by atoms with Crippen molar-refractivity contribution in [1.82, 2.24) is 46.6 Å². The summed E-state index contributed by atoms with van der Waals surface area (Å²) in [6.45, 7) is 19.4. The Morgan fingerprint density at radius 2 is 1.44 bits per heavy atom. The van der Waals surface area contributed by atoms with Gasteiger partial charge in [0.1, 0.15) is 35.6 Å². The van der Waals surface area contributed by atoms with Gasteiger partial charge in [0.05, 0.1) is 49.3 Å². The van der Waals surface area contributed by atoms with E-state index in [1.165, 1.54) is 19.1 Å². The summed E-state index contributed by atoms with van der Waals surface area (Å²) >= 11 is 1.61. The molecule has 0 bridgehead atoms. The Bertz CT molecular complexity index is 2750. The highest BCUT2D eigenvalue weighted by molar-refractivity contribution is 8.03. The molecule has 2 aliphatic rings. The standard InChI is InChI=1S/C67H108N12O13S/c1-15-44(8)58(51(89-13)39-54(81)79-35-23-27-50(79)59(90-14)45(9)60(82)74-52(67(10)71-34-37-93-67)38-46-24-18-16-19-25-46)77(11)64(86)56(42(4)5)76-63(85)57(43(6)7)78(12)66(88)91-40-47-29-31-48(32-30-47)72-61(83)49(26-22-33-70-65(68)87)73-62(84)55(41(2)3)75-53(80)28-20-17-21-36-92-69/h16,18-19,24-25,29-32,34,37,41-45,49-52,55-59,71H,15,17,20-23,26-28,33,35-36,38-40,69H2,1-14H3,(H,72,83)(H,73,84)(H,74,82)(H,75,80)(H,76,85)(H3,68,70,87)/t44-,45+,49-,50-,51+,52-,55-,56-,57-,58-,59+,67?/m0/s1. The number of carbonyl (C=O) groups is 9. The van der Waals surface area contributed by atoms with E-state index in [1.807, 2.05) is 76.6 Å². The maximum absolute atomic E-state index is 14.9. The lowest BCUT2D eigenvalue weighted by Gasteiger charge is -2.41. The van der Waals surface area contributed by atoms with Crippen molar-refractivity contribution in [1.29, 1.82) is 0 Å². The van der Waals surface area contributed by atoms with E-state index in [1.54, 1.807) is 87.7 Å². The van der Waals surface area contributed by atoms with Gasteiger partial charge in [0.2, 0.25) is 41.4 Å². The lowest BCUT2D eigenvalue weighted by atomic mass is 9.89. The third-order valence-electron chi connectivity index (χ3n) is 17.7. The Balaban J connectivity index is 1.41. The van der Waals surface area contributed by atoms with Gasteiger partial charge in [0.15, 0.2) is 0 Å². The first-order valence-electron chi connectivity index (χ1n) is 32.7. The Kier molecular flexibility index (Phi) is 32.9. The number of nitrogens with one attached hydrogen (secondary N) is 7. The molecule has 12 atom stereocenters. The molecule has 0 aliphatic carbocycles. The Hall–Kier alpha value is -7.00. The first-order chi connectivity index (χ1) is 44.1. The minimum Gasteiger partial charge on any atom is -0.445 e. The van der Waals surface area contributed by atoms with Crippen molar-refractivity contribution >= 4 is 70.9 Å². The van der Waals surface area contributed by atoms with Gasteiger partial charge in [-0.15, -0.1) is 11.8 Å². The molecule has 2 heterocycles. The molecule has 10 amide bonds. The Morgan fingerprint density at radius 1 is 0.763 bits per heavy atom. The molecular weight excluding hydrogens is 1210 g/mol. The molecule has 25 nitrogen and oxygen atoms in total. The largest absolute Gasteiger partial charge is 0.445 e. The molecule has 1 fully saturated rings. The maximum atomic E-state index is 14.9. The highest BCUT2D eigenvalue weighted by Gasteiger charge is 2.45. The van der Waals surface area contributed by atoms with Gasteiger partial charge in [-0.05, 0) is 104 Å². The number of hydrogen-bond acceptors (Lipinski definition) is 16. The van der Waals surface area contributed by atoms with Gasteiger partial charge < -0.3 is 71.8 Å². The second kappa shape index (κ2) is 39.0. The summed E-state index contributed by atoms with van der Waals surface area (Å²) in [6, 6.07) is 10.3. The topological polar surface area (TPSA) is 337 Å². The first kappa shape index (κ1) is 78.4. The number of likely N-dealkylation sites (N-methyl/N-ethyl adjacent to an activating group) is 2. The lowest BCUT2D eigenvalue weighted by molar-refractivity contribution is -0.148. The molecule has 2 aliphatic heterocycles. The highest BCUT2D eigenvalue weighted by Crippen LogP contribution is 2.35. The van der Waals surface area contributed by atoms with Gasteiger partial charge in [-0.3, -0.25) is 38.5 Å². The van der Waals surface area contributed by atoms with Crippen LogP contribution in [-0.4, -0.2) is 176 Å². The number of nitrogens with zero attached hydrogens (tertiary/aromatic N) is 3. The van der Waals surface area contributed by atoms with Crippen molar-refractivity contribution in [3.63, 3.8) is 0 Å². The van der Waals surface area contributed by atoms with Crippen molar-refractivity contribution < 1.29 is 62.2 Å². The van der Waals surface area contributed by atoms with Crippen molar-refractivity contribution in [3.8, 4) is 0 Å². The molecule has 2 aromatic carbocycles. The van der Waals surface area contributed by atoms with Crippen LogP contribution in [0.5, 0.6) is 0 Å². The number of urea groups is 1. The molecule has 4 rings (SSSR count). The smallest absolute Gasteiger partial charge is 0.410 e. The normalized spacial score (nSPS) is 18.6. The van der Waals surface area contributed by atoms with Crippen LogP contribution < -0.4 is 48.8 Å². The average molecular weight is 1320 g/mol. The zero-order chi connectivity index (χ0) is 69.1. The Labute approximate surface area is 555 Å². The molecule has 520 valence electrons. The van der Waals surface area contributed by atoms with Gasteiger partial charge in [0.25, 0.3) is 0 Å². The molecular formula is C67H108N12O13S. The van der Waals surface area contributed by atoms with E-state index >= 15 is 0 Å². The predicted molar refractivity (Wildman–Crippen MR) is 359 cm³/mol. The van der Waals surface area contributed by atoms with Crippen LogP contribution >= 0.6 is 11.8 Å². The zero-order valence-corrected chi connectivity index (χ0v) is 58.1. The number of primary amides is 1. The van der Waals surface area contributed by atoms with Crippen LogP contribution in [0.25, 0.3) is 0 Å². The number of hydrogen-bond donors (Lipinski definition) is 9. The fourth-order valence-corrected chi connectivity index (χ4v) is 12.9. The molecule has 0 saturated carbocycles. The zero-order valence-electron chi connectivity index (χ0n) is 57.3. The molecule has 1 unspecified atom stereocenters. The van der Waals surface area contributed by atoms with Crippen molar-refractivity contribution in [3.05, 3.63) is 77.3 Å². The third kappa shape index (κ3) is 23.8. The van der Waals surface area contributed by atoms with E-state index in [0.717, 1.165) is 5.56 Å². The monoisotopic (exact) mass is 1320 g/mol. The van der Waals surface area contributed by atoms with E-state index in [4.69, 9.17) is 25.8 Å². The van der Waals surface area contributed by atoms with Crippen LogP contribution in [0.4, 0.5) is 15.3 Å². The minimum absolute atomic E-state index is 0.0641. The number of ether oxygens (including phenoxy) is 3. The molecule has 93 heavy (non-hydrogen) atoms. The van der Waals surface area contributed by atoms with Crippen LogP contribution in [0.3, 0.4) is 0 Å². The van der Waals surface area contributed by atoms with Crippen molar-refractivity contribution in [2.24, 2.45) is 41.2 Å². The summed E-state index contributed by atoms with van der Waals surface area (Å²) in [5.41, 5.74) is 7.24. The summed E-state index contributed by atoms with van der Waals surface area (Å²) in [5.74, 6) is 0.367. The second-order valence-electron chi connectivity index (χ2n) is 25.7. The number of amides is 10. The number of methoxy groups -OCH3 is 2. The molecule has 2 aromatic rings.